The van der Waals surface area contributed by atoms with Crippen LogP contribution >= 0.6 is 37.3 Å². The monoisotopic (exact) mass is 566 g/mol. The second-order valence-electron chi connectivity index (χ2n) is 9.48. The highest BCUT2D eigenvalue weighted by Gasteiger charge is 2.24. The predicted molar refractivity (Wildman–Crippen MR) is 154 cm³/mol. The molecule has 13 heteroatoms. The van der Waals surface area contributed by atoms with Crippen LogP contribution in [0.1, 0.15) is 50.9 Å². The molecule has 4 rings (SSSR count). The summed E-state index contributed by atoms with van der Waals surface area (Å²) in [5.41, 5.74) is 3.31. The third-order valence-electron chi connectivity index (χ3n) is 5.97. The molecule has 10 nitrogen and oxygen atoms in total. The van der Waals surface area contributed by atoms with Crippen LogP contribution in [0.15, 0.2) is 30.9 Å². The second kappa shape index (κ2) is 13.1. The van der Waals surface area contributed by atoms with Crippen LogP contribution in [0, 0.1) is 0 Å². The maximum atomic E-state index is 13.2. The lowest BCUT2D eigenvalue weighted by Crippen LogP contribution is -2.44. The van der Waals surface area contributed by atoms with Crippen molar-refractivity contribution in [3.05, 3.63) is 41.4 Å². The van der Waals surface area contributed by atoms with E-state index in [-0.39, 0.29) is 31.5 Å². The van der Waals surface area contributed by atoms with Gasteiger partial charge in [-0.25, -0.2) is 18.1 Å². The van der Waals surface area contributed by atoms with Crippen molar-refractivity contribution < 1.29 is 9.08 Å². The zero-order valence-corrected chi connectivity index (χ0v) is 24.3. The first-order chi connectivity index (χ1) is 17.2. The Morgan fingerprint density at radius 1 is 1.19 bits per heavy atom. The van der Waals surface area contributed by atoms with Crippen molar-refractivity contribution in [2.45, 2.75) is 58.7 Å². The van der Waals surface area contributed by atoms with Crippen molar-refractivity contribution in [3.8, 4) is 11.3 Å². The number of pyridine rings is 1. The molecule has 2 N–H and O–H groups in total. The van der Waals surface area contributed by atoms with E-state index >= 15 is 0 Å². The molecule has 202 valence electrons. The number of carbonyl (C=O) groups is 1. The Morgan fingerprint density at radius 2 is 1.92 bits per heavy atom. The second-order valence-corrected chi connectivity index (χ2v) is 10.8. The average molecular weight is 567 g/mol. The molecule has 0 atom stereocenters. The van der Waals surface area contributed by atoms with E-state index in [4.69, 9.17) is 15.9 Å². The molecule has 1 saturated heterocycles. The number of amides is 1. The number of hydrogen-bond acceptors (Lipinski definition) is 9. The van der Waals surface area contributed by atoms with Crippen molar-refractivity contribution in [3.63, 3.8) is 0 Å². The van der Waals surface area contributed by atoms with E-state index in [1.165, 1.54) is 12.2 Å². The van der Waals surface area contributed by atoms with Crippen LogP contribution in [0.5, 0.6) is 0 Å². The summed E-state index contributed by atoms with van der Waals surface area (Å²) in [6.45, 7) is 9.81. The quantitative estimate of drug-likeness (QED) is 0.288. The molecule has 0 aliphatic carbocycles. The summed E-state index contributed by atoms with van der Waals surface area (Å²) < 4.78 is 9.49. The minimum atomic E-state index is -0.143. The van der Waals surface area contributed by atoms with Gasteiger partial charge in [0.2, 0.25) is 0 Å². The molecule has 1 fully saturated rings. The lowest BCUT2D eigenvalue weighted by atomic mass is 10.1. The largest absolute Gasteiger partial charge is 0.382 e. The van der Waals surface area contributed by atoms with Crippen LogP contribution in [0.4, 0.5) is 5.69 Å². The summed E-state index contributed by atoms with van der Waals surface area (Å²) in [4.78, 5) is 22.2. The summed E-state index contributed by atoms with van der Waals surface area (Å²) in [6.07, 6.45) is 8.22. The molecule has 37 heavy (non-hydrogen) atoms. The van der Waals surface area contributed by atoms with Gasteiger partial charge in [-0.2, -0.15) is 23.7 Å². The molecule has 4 heterocycles. The topological polar surface area (TPSA) is 99.9 Å². The van der Waals surface area contributed by atoms with E-state index in [2.05, 4.69) is 43.9 Å². The highest BCUT2D eigenvalue weighted by Crippen LogP contribution is 2.27. The minimum absolute atomic E-state index is 0. The maximum Gasteiger partial charge on any atom is 0.255 e. The average Bonchev–Trinajstić information content (AvgIpc) is 3.25. The van der Waals surface area contributed by atoms with E-state index in [0.29, 0.717) is 28.0 Å². The Hall–Kier alpha value is -2.09. The number of fused-ring (bicyclic) bond motifs is 1. The lowest BCUT2D eigenvalue weighted by Gasteiger charge is -2.32. The number of aromatic nitrogens is 4. The van der Waals surface area contributed by atoms with Gasteiger partial charge in [-0.1, -0.05) is 11.6 Å². The van der Waals surface area contributed by atoms with Crippen molar-refractivity contribution in [1.29, 1.82) is 0 Å². The smallest absolute Gasteiger partial charge is 0.255 e. The molecule has 0 radical (unpaired) electrons. The van der Waals surface area contributed by atoms with Crippen LogP contribution < -0.4 is 10.6 Å². The first kappa shape index (κ1) is 29.5. The van der Waals surface area contributed by atoms with Crippen LogP contribution in [0.3, 0.4) is 0 Å². The van der Waals surface area contributed by atoms with Gasteiger partial charge >= 0.3 is 0 Å². The first-order valence-electron chi connectivity index (χ1n) is 12.1. The molecule has 0 saturated carbocycles. The van der Waals surface area contributed by atoms with E-state index in [0.717, 1.165) is 37.2 Å². The van der Waals surface area contributed by atoms with Gasteiger partial charge in [0.25, 0.3) is 5.91 Å². The summed E-state index contributed by atoms with van der Waals surface area (Å²) in [5.74, 6) is -0.143. The SMILES string of the molecule is CC(C)Nc1cc(-c2cnn3cc(Cl)cnc23)ncc1C(=O)NC1CCN(OSN(C)C(C)C)CC1.S. The number of carbonyl (C=O) groups excluding carboxylic acids is 1. The third-order valence-corrected chi connectivity index (χ3v) is 7.10. The van der Waals surface area contributed by atoms with Crippen molar-refractivity contribution in [2.75, 3.05) is 25.5 Å². The van der Waals surface area contributed by atoms with Gasteiger partial charge in [0.1, 0.15) is 12.2 Å². The predicted octanol–water partition coefficient (Wildman–Crippen LogP) is 4.41. The van der Waals surface area contributed by atoms with Crippen LogP contribution in [-0.4, -0.2) is 73.1 Å². The fourth-order valence-electron chi connectivity index (χ4n) is 3.77. The summed E-state index contributed by atoms with van der Waals surface area (Å²) in [7, 11) is 2.01. The van der Waals surface area contributed by atoms with Crippen LogP contribution in [0.25, 0.3) is 16.9 Å². The number of piperidine rings is 1. The zero-order chi connectivity index (χ0) is 25.8. The molecule has 3 aromatic rings. The molecule has 1 aliphatic heterocycles. The molecule has 3 aromatic heterocycles. The number of anilines is 1. The number of hydrogen-bond donors (Lipinski definition) is 2. The third kappa shape index (κ3) is 7.49. The zero-order valence-electron chi connectivity index (χ0n) is 21.7. The summed E-state index contributed by atoms with van der Waals surface area (Å²) in [6, 6.07) is 2.48. The molecule has 1 aliphatic rings. The fraction of sp³-hybridized carbons (Fsp3) is 0.500. The van der Waals surface area contributed by atoms with E-state index in [9.17, 15) is 4.79 Å². The maximum absolute atomic E-state index is 13.2. The Labute approximate surface area is 234 Å². The van der Waals surface area contributed by atoms with Gasteiger partial charge in [-0.15, -0.1) is 0 Å². The molecular weight excluding hydrogens is 532 g/mol. The summed E-state index contributed by atoms with van der Waals surface area (Å²) >= 11 is 7.38. The van der Waals surface area contributed by atoms with Gasteiger partial charge in [0.15, 0.2) is 5.65 Å². The highest BCUT2D eigenvalue weighted by atomic mass is 35.5. The van der Waals surface area contributed by atoms with Gasteiger partial charge < -0.3 is 10.6 Å². The van der Waals surface area contributed by atoms with Crippen molar-refractivity contribution in [2.24, 2.45) is 0 Å². The molecule has 0 spiro atoms. The van der Waals surface area contributed by atoms with E-state index < -0.39 is 0 Å². The lowest BCUT2D eigenvalue weighted by molar-refractivity contribution is -0.0618. The van der Waals surface area contributed by atoms with Crippen LogP contribution in [-0.2, 0) is 4.28 Å². The van der Waals surface area contributed by atoms with Crippen molar-refractivity contribution >= 4 is 54.6 Å². The van der Waals surface area contributed by atoms with Gasteiger partial charge in [0.05, 0.1) is 39.9 Å². The van der Waals surface area contributed by atoms with Crippen molar-refractivity contribution in [1.82, 2.24) is 34.3 Å². The normalized spacial score (nSPS) is 14.9. The Kier molecular flexibility index (Phi) is 10.4. The number of hydroxylamine groups is 2. The minimum Gasteiger partial charge on any atom is -0.382 e. The first-order valence-corrected chi connectivity index (χ1v) is 13.2. The van der Waals surface area contributed by atoms with Gasteiger partial charge in [-0.05, 0) is 53.7 Å². The van der Waals surface area contributed by atoms with E-state index in [1.54, 1.807) is 29.3 Å². The molecule has 1 amide bonds. The molecule has 0 unspecified atom stereocenters. The molecule has 0 bridgehead atoms. The highest BCUT2D eigenvalue weighted by molar-refractivity contribution is 7.92. The molecular formula is C24H35ClN8O2S2. The summed E-state index contributed by atoms with van der Waals surface area (Å²) in [5, 5.41) is 13.3. The standard InChI is InChI=1S/C24H33ClN8O2S.H2S/c1-15(2)29-22-10-21(19-13-28-33-14-17(25)11-27-23(19)33)26-12-20(22)24(34)30-18-6-8-32(9-7-18)35-36-31(5)16(3)4;/h10-16,18H,6-9H2,1-5H3,(H,26,29)(H,30,34);1H2. The Balaban J connectivity index is 0.00000380. The van der Waals surface area contributed by atoms with Gasteiger partial charge in [0, 0.05) is 43.6 Å². The number of nitrogens with one attached hydrogen (secondary N) is 2. The Bertz CT molecular complexity index is 1200. The number of halogens is 1. The number of nitrogens with zero attached hydrogens (tertiary/aromatic N) is 6. The number of rotatable bonds is 9. The molecule has 0 aromatic carbocycles. The van der Waals surface area contributed by atoms with Gasteiger partial charge in [-0.3, -0.25) is 9.78 Å². The van der Waals surface area contributed by atoms with Crippen LogP contribution in [0.2, 0.25) is 5.02 Å². The Morgan fingerprint density at radius 3 is 2.59 bits per heavy atom. The van der Waals surface area contributed by atoms with E-state index in [1.807, 2.05) is 32.0 Å². The fourth-order valence-corrected chi connectivity index (χ4v) is 4.43.